The monoisotopic (exact) mass is 393 g/mol. The molecule has 0 spiro atoms. The lowest BCUT2D eigenvalue weighted by molar-refractivity contribution is 0.240. The summed E-state index contributed by atoms with van der Waals surface area (Å²) in [6, 6.07) is 14.9. The van der Waals surface area contributed by atoms with Crippen LogP contribution in [0, 0.1) is 23.2 Å². The van der Waals surface area contributed by atoms with E-state index < -0.39 is 0 Å². The maximum Gasteiger partial charge on any atom is 0.0991 e. The van der Waals surface area contributed by atoms with E-state index in [9.17, 15) is 0 Å². The summed E-state index contributed by atoms with van der Waals surface area (Å²) in [5, 5.41) is 8.97. The molecule has 0 amide bonds. The van der Waals surface area contributed by atoms with Gasteiger partial charge in [-0.2, -0.15) is 5.26 Å². The van der Waals surface area contributed by atoms with Gasteiger partial charge in [-0.15, -0.1) is 22.7 Å². The van der Waals surface area contributed by atoms with Crippen molar-refractivity contribution >= 4 is 32.1 Å². The molecule has 0 radical (unpaired) electrons. The van der Waals surface area contributed by atoms with Crippen molar-refractivity contribution in [1.29, 1.82) is 5.26 Å². The van der Waals surface area contributed by atoms with Crippen LogP contribution in [0.3, 0.4) is 0 Å². The van der Waals surface area contributed by atoms with Gasteiger partial charge >= 0.3 is 0 Å². The Labute approximate surface area is 170 Å². The van der Waals surface area contributed by atoms with Gasteiger partial charge in [-0.3, -0.25) is 0 Å². The van der Waals surface area contributed by atoms with Crippen molar-refractivity contribution in [1.82, 2.24) is 0 Å². The minimum absolute atomic E-state index is 0.690. The second-order valence-electron chi connectivity index (χ2n) is 8.04. The Bertz CT molecular complexity index is 902. The van der Waals surface area contributed by atoms with E-state index >= 15 is 0 Å². The zero-order valence-electron chi connectivity index (χ0n) is 16.2. The molecule has 1 atom stereocenters. The fraction of sp³-hybridized carbons (Fsp3) is 0.458. The SMILES string of the molecule is CCCC1CCC(C(C)c2cc3sc(-c4ccc(C#N)cc4)cc3s2)CC1. The summed E-state index contributed by atoms with van der Waals surface area (Å²) < 4.78 is 2.83. The molecule has 27 heavy (non-hydrogen) atoms. The van der Waals surface area contributed by atoms with Crippen LogP contribution in [0.25, 0.3) is 19.8 Å². The summed E-state index contributed by atoms with van der Waals surface area (Å²) in [4.78, 5) is 2.88. The highest BCUT2D eigenvalue weighted by Crippen LogP contribution is 2.45. The molecule has 3 aromatic rings. The van der Waals surface area contributed by atoms with Crippen molar-refractivity contribution in [2.75, 3.05) is 0 Å². The van der Waals surface area contributed by atoms with Gasteiger partial charge in [-0.25, -0.2) is 0 Å². The maximum absolute atomic E-state index is 8.97. The second-order valence-corrected chi connectivity index (χ2v) is 10.2. The van der Waals surface area contributed by atoms with E-state index in [4.69, 9.17) is 5.26 Å². The first-order valence-electron chi connectivity index (χ1n) is 10.2. The Morgan fingerprint density at radius 3 is 2.37 bits per heavy atom. The Morgan fingerprint density at radius 1 is 1.04 bits per heavy atom. The van der Waals surface area contributed by atoms with Gasteiger partial charge in [-0.05, 0) is 60.4 Å². The lowest BCUT2D eigenvalue weighted by Crippen LogP contribution is -2.18. The van der Waals surface area contributed by atoms with Crippen LogP contribution in [0.2, 0.25) is 0 Å². The number of nitriles is 1. The third kappa shape index (κ3) is 3.98. The quantitative estimate of drug-likeness (QED) is 0.428. The summed E-state index contributed by atoms with van der Waals surface area (Å²) in [6.07, 6.45) is 8.46. The average molecular weight is 394 g/mol. The van der Waals surface area contributed by atoms with Gasteiger partial charge in [-0.1, -0.05) is 51.7 Å². The van der Waals surface area contributed by atoms with Crippen molar-refractivity contribution in [2.45, 2.75) is 58.3 Å². The van der Waals surface area contributed by atoms with Crippen molar-refractivity contribution in [2.24, 2.45) is 11.8 Å². The van der Waals surface area contributed by atoms with E-state index in [-0.39, 0.29) is 0 Å². The van der Waals surface area contributed by atoms with Crippen LogP contribution in [0.4, 0.5) is 0 Å². The number of thiophene rings is 2. The largest absolute Gasteiger partial charge is 0.192 e. The van der Waals surface area contributed by atoms with Gasteiger partial charge in [0.25, 0.3) is 0 Å². The van der Waals surface area contributed by atoms with Crippen LogP contribution in [0.1, 0.15) is 68.7 Å². The fourth-order valence-electron chi connectivity index (χ4n) is 4.55. The lowest BCUT2D eigenvalue weighted by atomic mass is 9.75. The molecule has 1 fully saturated rings. The molecule has 1 aliphatic carbocycles. The van der Waals surface area contributed by atoms with Crippen LogP contribution in [-0.2, 0) is 0 Å². The Morgan fingerprint density at radius 2 is 1.74 bits per heavy atom. The highest BCUT2D eigenvalue weighted by Gasteiger charge is 2.27. The number of rotatable bonds is 5. The first-order valence-corrected chi connectivity index (χ1v) is 11.8. The zero-order valence-corrected chi connectivity index (χ0v) is 17.8. The van der Waals surface area contributed by atoms with Crippen molar-refractivity contribution in [3.63, 3.8) is 0 Å². The van der Waals surface area contributed by atoms with E-state index in [1.807, 2.05) is 34.8 Å². The number of benzene rings is 1. The number of hydrogen-bond donors (Lipinski definition) is 0. The third-order valence-corrected chi connectivity index (χ3v) is 8.81. The molecule has 0 N–H and O–H groups in total. The lowest BCUT2D eigenvalue weighted by Gasteiger charge is -2.31. The van der Waals surface area contributed by atoms with Crippen molar-refractivity contribution in [3.8, 4) is 16.5 Å². The summed E-state index contributed by atoms with van der Waals surface area (Å²) in [6.45, 7) is 4.76. The van der Waals surface area contributed by atoms with Gasteiger partial charge in [0.15, 0.2) is 0 Å². The summed E-state index contributed by atoms with van der Waals surface area (Å²) in [5.41, 5.74) is 1.94. The first kappa shape index (κ1) is 18.7. The number of nitrogens with zero attached hydrogens (tertiary/aromatic N) is 1. The maximum atomic E-state index is 8.97. The topological polar surface area (TPSA) is 23.8 Å². The molecule has 140 valence electrons. The molecule has 2 aromatic heterocycles. The zero-order chi connectivity index (χ0) is 18.8. The summed E-state index contributed by atoms with van der Waals surface area (Å²) in [5.74, 6) is 2.54. The molecule has 1 saturated carbocycles. The van der Waals surface area contributed by atoms with E-state index in [1.54, 1.807) is 4.88 Å². The molecule has 2 heterocycles. The van der Waals surface area contributed by atoms with E-state index in [2.05, 4.69) is 44.2 Å². The highest BCUT2D eigenvalue weighted by molar-refractivity contribution is 7.29. The molecule has 1 aliphatic rings. The second kappa shape index (κ2) is 8.17. The summed E-state index contributed by atoms with van der Waals surface area (Å²) >= 11 is 3.87. The van der Waals surface area contributed by atoms with Crippen LogP contribution >= 0.6 is 22.7 Å². The predicted molar refractivity (Wildman–Crippen MR) is 119 cm³/mol. The number of hydrogen-bond acceptors (Lipinski definition) is 3. The van der Waals surface area contributed by atoms with E-state index in [0.29, 0.717) is 5.92 Å². The molecule has 3 heteroatoms. The Kier molecular flexibility index (Phi) is 5.66. The molecule has 0 saturated heterocycles. The number of fused-ring (bicyclic) bond motifs is 1. The van der Waals surface area contributed by atoms with E-state index in [0.717, 1.165) is 17.4 Å². The molecule has 0 aliphatic heterocycles. The van der Waals surface area contributed by atoms with Gasteiger partial charge in [0, 0.05) is 19.2 Å². The van der Waals surface area contributed by atoms with Crippen LogP contribution in [0.15, 0.2) is 36.4 Å². The molecular weight excluding hydrogens is 366 g/mol. The Hall–Kier alpha value is -1.63. The average Bonchev–Trinajstić information content (AvgIpc) is 3.28. The van der Waals surface area contributed by atoms with Gasteiger partial charge in [0.05, 0.1) is 11.6 Å². The molecule has 1 aromatic carbocycles. The van der Waals surface area contributed by atoms with E-state index in [1.165, 1.54) is 58.4 Å². The minimum atomic E-state index is 0.690. The molecule has 1 unspecified atom stereocenters. The van der Waals surface area contributed by atoms with Crippen LogP contribution < -0.4 is 0 Å². The standard InChI is InChI=1S/C24H27NS2/c1-3-4-17-5-9-19(10-6-17)16(2)21-13-23-24(26-21)14-22(27-23)20-11-7-18(15-25)8-12-20/h7-8,11-14,16-17,19H,3-6,9-10H2,1-2H3. The molecular formula is C24H27NS2. The smallest absolute Gasteiger partial charge is 0.0991 e. The fourth-order valence-corrected chi connectivity index (χ4v) is 7.11. The molecule has 4 rings (SSSR count). The normalized spacial score (nSPS) is 21.2. The minimum Gasteiger partial charge on any atom is -0.192 e. The van der Waals surface area contributed by atoms with Crippen molar-refractivity contribution < 1.29 is 0 Å². The third-order valence-electron chi connectivity index (χ3n) is 6.27. The van der Waals surface area contributed by atoms with Crippen LogP contribution in [0.5, 0.6) is 0 Å². The predicted octanol–water partition coefficient (Wildman–Crippen LogP) is 8.21. The van der Waals surface area contributed by atoms with Gasteiger partial charge in [0.2, 0.25) is 0 Å². The van der Waals surface area contributed by atoms with Crippen LogP contribution in [-0.4, -0.2) is 0 Å². The first-order chi connectivity index (χ1) is 13.2. The Balaban J connectivity index is 1.48. The summed E-state index contributed by atoms with van der Waals surface area (Å²) in [7, 11) is 0. The van der Waals surface area contributed by atoms with Gasteiger partial charge in [0.1, 0.15) is 0 Å². The highest BCUT2D eigenvalue weighted by atomic mass is 32.1. The van der Waals surface area contributed by atoms with Gasteiger partial charge < -0.3 is 0 Å². The molecule has 1 nitrogen and oxygen atoms in total. The molecule has 0 bridgehead atoms. The van der Waals surface area contributed by atoms with Crippen molar-refractivity contribution in [3.05, 3.63) is 46.8 Å².